The zero-order chi connectivity index (χ0) is 15.1. The van der Waals surface area contributed by atoms with Gasteiger partial charge in [0.1, 0.15) is 0 Å². The molecule has 124 valence electrons. The summed E-state index contributed by atoms with van der Waals surface area (Å²) >= 11 is 0. The van der Waals surface area contributed by atoms with E-state index in [1.807, 2.05) is 6.07 Å². The highest BCUT2D eigenvalue weighted by atomic mass is 127. The Morgan fingerprint density at radius 2 is 2.45 bits per heavy atom. The van der Waals surface area contributed by atoms with Crippen LogP contribution in [0.4, 0.5) is 0 Å². The third-order valence-electron chi connectivity index (χ3n) is 3.60. The summed E-state index contributed by atoms with van der Waals surface area (Å²) in [6.07, 6.45) is 4.30. The fourth-order valence-electron chi connectivity index (χ4n) is 2.67. The molecule has 1 aliphatic rings. The summed E-state index contributed by atoms with van der Waals surface area (Å²) in [5.74, 6) is 0.995. The van der Waals surface area contributed by atoms with Crippen LogP contribution in [-0.2, 0) is 11.3 Å². The SMILES string of the molecule is CCNC(=NCc1ccn[nH]1)N1CCCC(CC(N)=O)C1.I. The van der Waals surface area contributed by atoms with Crippen molar-refractivity contribution in [2.75, 3.05) is 19.6 Å². The highest BCUT2D eigenvalue weighted by molar-refractivity contribution is 14.0. The van der Waals surface area contributed by atoms with Crippen molar-refractivity contribution in [2.45, 2.75) is 32.7 Å². The number of carbonyl (C=O) groups is 1. The predicted molar refractivity (Wildman–Crippen MR) is 96.9 cm³/mol. The molecule has 0 bridgehead atoms. The Morgan fingerprint density at radius 3 is 3.09 bits per heavy atom. The van der Waals surface area contributed by atoms with Gasteiger partial charge in [0.2, 0.25) is 5.91 Å². The van der Waals surface area contributed by atoms with Crippen molar-refractivity contribution in [1.29, 1.82) is 0 Å². The van der Waals surface area contributed by atoms with Gasteiger partial charge in [-0.2, -0.15) is 5.10 Å². The van der Waals surface area contributed by atoms with Gasteiger partial charge in [0.05, 0.1) is 12.2 Å². The standard InChI is InChI=1S/C14H24N6O.HI/c1-2-16-14(17-9-12-5-6-18-19-12)20-7-3-4-11(10-20)8-13(15)21;/h5-6,11H,2-4,7-10H2,1H3,(H2,15,21)(H,16,17)(H,18,19);1H. The largest absolute Gasteiger partial charge is 0.370 e. The first-order chi connectivity index (χ1) is 10.2. The fourth-order valence-corrected chi connectivity index (χ4v) is 2.67. The number of guanidine groups is 1. The molecule has 2 heterocycles. The van der Waals surface area contributed by atoms with E-state index in [-0.39, 0.29) is 29.9 Å². The van der Waals surface area contributed by atoms with Gasteiger partial charge in [0.25, 0.3) is 0 Å². The molecule has 0 aromatic carbocycles. The normalized spacial score (nSPS) is 18.7. The summed E-state index contributed by atoms with van der Waals surface area (Å²) < 4.78 is 0. The Bertz CT molecular complexity index is 476. The maximum absolute atomic E-state index is 11.1. The smallest absolute Gasteiger partial charge is 0.217 e. The highest BCUT2D eigenvalue weighted by Crippen LogP contribution is 2.19. The zero-order valence-electron chi connectivity index (χ0n) is 12.9. The molecular weight excluding hydrogens is 395 g/mol. The third-order valence-corrected chi connectivity index (χ3v) is 3.60. The molecule has 1 atom stereocenters. The van der Waals surface area contributed by atoms with Crippen molar-refractivity contribution in [3.63, 3.8) is 0 Å². The maximum Gasteiger partial charge on any atom is 0.217 e. The topological polar surface area (TPSA) is 99.4 Å². The molecule has 7 nitrogen and oxygen atoms in total. The first-order valence-electron chi connectivity index (χ1n) is 7.49. The number of amides is 1. The van der Waals surface area contributed by atoms with Crippen LogP contribution in [0.25, 0.3) is 0 Å². The second kappa shape index (κ2) is 9.65. The maximum atomic E-state index is 11.1. The molecule has 8 heteroatoms. The number of halogens is 1. The van der Waals surface area contributed by atoms with E-state index in [4.69, 9.17) is 5.73 Å². The Labute approximate surface area is 148 Å². The number of nitrogens with two attached hydrogens (primary N) is 1. The van der Waals surface area contributed by atoms with Gasteiger partial charge in [-0.3, -0.25) is 9.89 Å². The van der Waals surface area contributed by atoms with Gasteiger partial charge in [0.15, 0.2) is 5.96 Å². The van der Waals surface area contributed by atoms with Gasteiger partial charge in [-0.05, 0) is 31.7 Å². The molecule has 1 aliphatic heterocycles. The number of aliphatic imine (C=N–C) groups is 1. The van der Waals surface area contributed by atoms with Crippen molar-refractivity contribution in [2.24, 2.45) is 16.6 Å². The number of aromatic amines is 1. The van der Waals surface area contributed by atoms with Gasteiger partial charge in [0, 0.05) is 32.3 Å². The average Bonchev–Trinajstić information content (AvgIpc) is 2.96. The number of hydrogen-bond acceptors (Lipinski definition) is 3. The number of nitrogens with zero attached hydrogens (tertiary/aromatic N) is 3. The third kappa shape index (κ3) is 5.82. The van der Waals surface area contributed by atoms with Gasteiger partial charge in [-0.15, -0.1) is 24.0 Å². The van der Waals surface area contributed by atoms with Gasteiger partial charge >= 0.3 is 0 Å². The van der Waals surface area contributed by atoms with E-state index in [2.05, 4.69) is 32.3 Å². The molecule has 4 N–H and O–H groups in total. The second-order valence-corrected chi connectivity index (χ2v) is 5.38. The molecule has 0 saturated carbocycles. The molecule has 1 saturated heterocycles. The van der Waals surface area contributed by atoms with Crippen molar-refractivity contribution in [3.8, 4) is 0 Å². The van der Waals surface area contributed by atoms with E-state index in [9.17, 15) is 4.79 Å². The Hall–Kier alpha value is -1.32. The Balaban J connectivity index is 0.00000242. The summed E-state index contributed by atoms with van der Waals surface area (Å²) in [5.41, 5.74) is 6.29. The minimum Gasteiger partial charge on any atom is -0.370 e. The first kappa shape index (κ1) is 18.7. The van der Waals surface area contributed by atoms with Crippen LogP contribution in [0.5, 0.6) is 0 Å². The second-order valence-electron chi connectivity index (χ2n) is 5.38. The Kier molecular flexibility index (Phi) is 8.21. The van der Waals surface area contributed by atoms with E-state index in [0.717, 1.165) is 44.1 Å². The molecule has 1 aromatic rings. The van der Waals surface area contributed by atoms with Gasteiger partial charge in [-0.1, -0.05) is 0 Å². The molecule has 0 radical (unpaired) electrons. The predicted octanol–water partition coefficient (Wildman–Crippen LogP) is 1.08. The van der Waals surface area contributed by atoms with Crippen LogP contribution in [0.15, 0.2) is 17.3 Å². The minimum atomic E-state index is -0.221. The molecule has 1 unspecified atom stereocenters. The minimum absolute atomic E-state index is 0. The molecule has 0 aliphatic carbocycles. The lowest BCUT2D eigenvalue weighted by molar-refractivity contribution is -0.119. The van der Waals surface area contributed by atoms with E-state index in [1.54, 1.807) is 6.20 Å². The number of piperidine rings is 1. The molecule has 22 heavy (non-hydrogen) atoms. The van der Waals surface area contributed by atoms with E-state index in [0.29, 0.717) is 18.9 Å². The quantitative estimate of drug-likeness (QED) is 0.377. The number of aromatic nitrogens is 2. The summed E-state index contributed by atoms with van der Waals surface area (Å²) in [6.45, 7) is 5.23. The molecule has 1 amide bonds. The van der Waals surface area contributed by atoms with Gasteiger partial charge in [-0.25, -0.2) is 4.99 Å². The van der Waals surface area contributed by atoms with Crippen LogP contribution in [0.2, 0.25) is 0 Å². The molecule has 1 aromatic heterocycles. The average molecular weight is 420 g/mol. The molecule has 0 spiro atoms. The molecule has 1 fully saturated rings. The highest BCUT2D eigenvalue weighted by Gasteiger charge is 2.23. The zero-order valence-corrected chi connectivity index (χ0v) is 15.2. The van der Waals surface area contributed by atoms with Crippen LogP contribution >= 0.6 is 24.0 Å². The number of primary amides is 1. The lowest BCUT2D eigenvalue weighted by Gasteiger charge is -2.34. The van der Waals surface area contributed by atoms with Crippen molar-refractivity contribution in [1.82, 2.24) is 20.4 Å². The van der Waals surface area contributed by atoms with E-state index < -0.39 is 0 Å². The van der Waals surface area contributed by atoms with Gasteiger partial charge < -0.3 is 16.0 Å². The monoisotopic (exact) mass is 420 g/mol. The van der Waals surface area contributed by atoms with Crippen LogP contribution in [-0.4, -0.2) is 46.6 Å². The van der Waals surface area contributed by atoms with Crippen LogP contribution < -0.4 is 11.1 Å². The molecule has 2 rings (SSSR count). The number of likely N-dealkylation sites (tertiary alicyclic amines) is 1. The number of nitrogens with one attached hydrogen (secondary N) is 2. The van der Waals surface area contributed by atoms with Crippen LogP contribution in [0, 0.1) is 5.92 Å². The summed E-state index contributed by atoms with van der Waals surface area (Å²) in [4.78, 5) is 18.0. The van der Waals surface area contributed by atoms with E-state index >= 15 is 0 Å². The first-order valence-corrected chi connectivity index (χ1v) is 7.49. The van der Waals surface area contributed by atoms with Crippen molar-refractivity contribution in [3.05, 3.63) is 18.0 Å². The number of H-pyrrole nitrogens is 1. The number of rotatable bonds is 5. The lowest BCUT2D eigenvalue weighted by Crippen LogP contribution is -2.47. The number of hydrogen-bond donors (Lipinski definition) is 3. The lowest BCUT2D eigenvalue weighted by atomic mass is 9.95. The van der Waals surface area contributed by atoms with Crippen molar-refractivity contribution < 1.29 is 4.79 Å². The number of carbonyl (C=O) groups excluding carboxylic acids is 1. The molecular formula is C14H25IN6O. The summed E-state index contributed by atoms with van der Waals surface area (Å²) in [5, 5.41) is 10.1. The Morgan fingerprint density at radius 1 is 1.64 bits per heavy atom. The van der Waals surface area contributed by atoms with E-state index in [1.165, 1.54) is 0 Å². The summed E-state index contributed by atoms with van der Waals surface area (Å²) in [7, 11) is 0. The van der Waals surface area contributed by atoms with Crippen molar-refractivity contribution >= 4 is 35.8 Å². The fraction of sp³-hybridized carbons (Fsp3) is 0.643. The van der Waals surface area contributed by atoms with Crippen LogP contribution in [0.3, 0.4) is 0 Å². The summed E-state index contributed by atoms with van der Waals surface area (Å²) in [6, 6.07) is 1.92. The van der Waals surface area contributed by atoms with Crippen LogP contribution in [0.1, 0.15) is 31.9 Å².